The zero-order chi connectivity index (χ0) is 11.5. The van der Waals surface area contributed by atoms with E-state index in [0.717, 1.165) is 30.5 Å². The smallest absolute Gasteiger partial charge is 0.0393 e. The van der Waals surface area contributed by atoms with Crippen LogP contribution < -0.4 is 11.1 Å². The molecular formula is C13H21N3. The van der Waals surface area contributed by atoms with E-state index in [1.807, 2.05) is 12.3 Å². The molecule has 0 bridgehead atoms. The predicted octanol–water partition coefficient (Wildman–Crippen LogP) is 2.36. The summed E-state index contributed by atoms with van der Waals surface area (Å²) < 4.78 is 0. The molecule has 2 rings (SSSR count). The minimum Gasteiger partial charge on any atom is -0.398 e. The molecule has 0 radical (unpaired) electrons. The quantitative estimate of drug-likeness (QED) is 0.799. The summed E-state index contributed by atoms with van der Waals surface area (Å²) in [4.78, 5) is 4.19. The predicted molar refractivity (Wildman–Crippen MR) is 67.0 cm³/mol. The van der Waals surface area contributed by atoms with E-state index in [9.17, 15) is 0 Å². The van der Waals surface area contributed by atoms with Crippen LogP contribution in [0.2, 0.25) is 0 Å². The lowest BCUT2D eigenvalue weighted by Crippen LogP contribution is -2.25. The zero-order valence-corrected chi connectivity index (χ0v) is 10.1. The molecule has 1 aromatic heterocycles. The largest absolute Gasteiger partial charge is 0.398 e. The van der Waals surface area contributed by atoms with E-state index in [1.54, 1.807) is 6.20 Å². The fraction of sp³-hybridized carbons (Fsp3) is 0.615. The topological polar surface area (TPSA) is 50.9 Å². The summed E-state index contributed by atoms with van der Waals surface area (Å²) in [5, 5.41) is 3.60. The molecule has 3 unspecified atom stereocenters. The summed E-state index contributed by atoms with van der Waals surface area (Å²) in [6.45, 7) is 5.53. The van der Waals surface area contributed by atoms with Gasteiger partial charge >= 0.3 is 0 Å². The van der Waals surface area contributed by atoms with Crippen molar-refractivity contribution in [2.45, 2.75) is 32.7 Å². The Hall–Kier alpha value is -1.09. The fourth-order valence-electron chi connectivity index (χ4n) is 2.28. The van der Waals surface area contributed by atoms with Gasteiger partial charge in [0.15, 0.2) is 0 Å². The maximum Gasteiger partial charge on any atom is 0.0393 e. The van der Waals surface area contributed by atoms with Gasteiger partial charge in [-0.3, -0.25) is 4.98 Å². The van der Waals surface area contributed by atoms with Gasteiger partial charge in [0.05, 0.1) is 0 Å². The Morgan fingerprint density at radius 2 is 2.38 bits per heavy atom. The Kier molecular flexibility index (Phi) is 3.44. The van der Waals surface area contributed by atoms with Gasteiger partial charge in [0, 0.05) is 29.7 Å². The first kappa shape index (κ1) is 11.4. The number of nitrogen functional groups attached to an aromatic ring is 1. The molecule has 1 fully saturated rings. The van der Waals surface area contributed by atoms with Crippen LogP contribution in [0.15, 0.2) is 18.5 Å². The van der Waals surface area contributed by atoms with Crippen molar-refractivity contribution in [2.75, 3.05) is 12.3 Å². The lowest BCUT2D eigenvalue weighted by Gasteiger charge is -2.20. The van der Waals surface area contributed by atoms with E-state index >= 15 is 0 Å². The summed E-state index contributed by atoms with van der Waals surface area (Å²) in [6.07, 6.45) is 6.12. The van der Waals surface area contributed by atoms with Crippen molar-refractivity contribution >= 4 is 5.69 Å². The summed E-state index contributed by atoms with van der Waals surface area (Å²) in [6, 6.07) is 2.28. The van der Waals surface area contributed by atoms with Crippen molar-refractivity contribution in [3.05, 3.63) is 24.0 Å². The molecule has 1 heterocycles. The maximum absolute atomic E-state index is 6.02. The van der Waals surface area contributed by atoms with Gasteiger partial charge in [0.25, 0.3) is 0 Å². The second-order valence-corrected chi connectivity index (χ2v) is 4.81. The highest BCUT2D eigenvalue weighted by molar-refractivity contribution is 5.47. The van der Waals surface area contributed by atoms with Crippen LogP contribution in [-0.4, -0.2) is 11.5 Å². The first-order valence-electron chi connectivity index (χ1n) is 6.16. The van der Waals surface area contributed by atoms with Crippen LogP contribution in [0.1, 0.15) is 38.3 Å². The first-order valence-corrected chi connectivity index (χ1v) is 6.16. The average Bonchev–Trinajstić information content (AvgIpc) is 2.99. The number of pyridine rings is 1. The Morgan fingerprint density at radius 1 is 1.62 bits per heavy atom. The minimum atomic E-state index is 0.392. The second kappa shape index (κ2) is 4.83. The van der Waals surface area contributed by atoms with E-state index in [-0.39, 0.29) is 0 Å². The van der Waals surface area contributed by atoms with Crippen LogP contribution in [-0.2, 0) is 0 Å². The molecule has 16 heavy (non-hydrogen) atoms. The monoisotopic (exact) mass is 219 g/mol. The molecule has 0 aromatic carbocycles. The summed E-state index contributed by atoms with van der Waals surface area (Å²) >= 11 is 0. The van der Waals surface area contributed by atoms with Crippen molar-refractivity contribution in [3.63, 3.8) is 0 Å². The molecule has 3 atom stereocenters. The van der Waals surface area contributed by atoms with E-state index in [1.165, 1.54) is 12.0 Å². The van der Waals surface area contributed by atoms with Gasteiger partial charge in [-0.1, -0.05) is 13.8 Å². The van der Waals surface area contributed by atoms with Gasteiger partial charge in [-0.2, -0.15) is 0 Å². The van der Waals surface area contributed by atoms with Crippen molar-refractivity contribution in [3.8, 4) is 0 Å². The van der Waals surface area contributed by atoms with Crippen molar-refractivity contribution in [1.82, 2.24) is 10.3 Å². The molecule has 0 saturated heterocycles. The van der Waals surface area contributed by atoms with Gasteiger partial charge in [-0.05, 0) is 37.3 Å². The standard InChI is InChI=1S/C13H21N3/c1-3-5-16-13(10-7-9(10)2)11-8-15-6-4-12(11)14/h4,6,8-10,13,16H,3,5,7H2,1-2H3,(H2,14,15). The number of rotatable bonds is 5. The van der Waals surface area contributed by atoms with Gasteiger partial charge in [0.1, 0.15) is 0 Å². The van der Waals surface area contributed by atoms with E-state index in [0.29, 0.717) is 6.04 Å². The van der Waals surface area contributed by atoms with Crippen LogP contribution in [0.5, 0.6) is 0 Å². The molecule has 1 aliphatic rings. The molecule has 0 spiro atoms. The van der Waals surface area contributed by atoms with E-state index in [2.05, 4.69) is 24.1 Å². The van der Waals surface area contributed by atoms with E-state index < -0.39 is 0 Å². The Balaban J connectivity index is 2.15. The van der Waals surface area contributed by atoms with Crippen molar-refractivity contribution in [1.29, 1.82) is 0 Å². The number of hydrogen-bond donors (Lipinski definition) is 2. The number of nitrogens with one attached hydrogen (secondary N) is 1. The third-order valence-electron chi connectivity index (χ3n) is 3.44. The van der Waals surface area contributed by atoms with Crippen LogP contribution in [0, 0.1) is 11.8 Å². The van der Waals surface area contributed by atoms with Gasteiger partial charge < -0.3 is 11.1 Å². The van der Waals surface area contributed by atoms with E-state index in [4.69, 9.17) is 5.73 Å². The Labute approximate surface area is 97.5 Å². The van der Waals surface area contributed by atoms with Crippen LogP contribution in [0.4, 0.5) is 5.69 Å². The lowest BCUT2D eigenvalue weighted by atomic mass is 10.0. The normalized spacial score (nSPS) is 25.4. The molecule has 1 aromatic rings. The molecule has 88 valence electrons. The van der Waals surface area contributed by atoms with Crippen molar-refractivity contribution < 1.29 is 0 Å². The zero-order valence-electron chi connectivity index (χ0n) is 10.1. The highest BCUT2D eigenvalue weighted by Gasteiger charge is 2.40. The molecular weight excluding hydrogens is 198 g/mol. The minimum absolute atomic E-state index is 0.392. The molecule has 0 aliphatic heterocycles. The number of hydrogen-bond acceptors (Lipinski definition) is 3. The Morgan fingerprint density at radius 3 is 2.94 bits per heavy atom. The highest BCUT2D eigenvalue weighted by Crippen LogP contribution is 2.47. The Bertz CT molecular complexity index is 351. The second-order valence-electron chi connectivity index (χ2n) is 4.81. The maximum atomic E-state index is 6.02. The molecule has 3 nitrogen and oxygen atoms in total. The average molecular weight is 219 g/mol. The van der Waals surface area contributed by atoms with Crippen LogP contribution in [0.25, 0.3) is 0 Å². The van der Waals surface area contributed by atoms with Crippen molar-refractivity contribution in [2.24, 2.45) is 11.8 Å². The fourth-order valence-corrected chi connectivity index (χ4v) is 2.28. The first-order chi connectivity index (χ1) is 7.74. The molecule has 1 saturated carbocycles. The third kappa shape index (κ3) is 2.35. The molecule has 3 heteroatoms. The number of anilines is 1. The summed E-state index contributed by atoms with van der Waals surface area (Å²) in [5.41, 5.74) is 8.06. The lowest BCUT2D eigenvalue weighted by molar-refractivity contribution is 0.463. The SMILES string of the molecule is CCCNC(c1cnccc1N)C1CC1C. The molecule has 0 amide bonds. The van der Waals surface area contributed by atoms with Gasteiger partial charge in [0.2, 0.25) is 0 Å². The third-order valence-corrected chi connectivity index (χ3v) is 3.44. The summed E-state index contributed by atoms with van der Waals surface area (Å²) in [5.74, 6) is 1.55. The molecule has 1 aliphatic carbocycles. The van der Waals surface area contributed by atoms with Gasteiger partial charge in [-0.25, -0.2) is 0 Å². The number of nitrogens with two attached hydrogens (primary N) is 1. The van der Waals surface area contributed by atoms with Gasteiger partial charge in [-0.15, -0.1) is 0 Å². The summed E-state index contributed by atoms with van der Waals surface area (Å²) in [7, 11) is 0. The van der Waals surface area contributed by atoms with Crippen LogP contribution in [0.3, 0.4) is 0 Å². The molecule has 3 N–H and O–H groups in total. The highest BCUT2D eigenvalue weighted by atomic mass is 14.9. The number of aromatic nitrogens is 1. The van der Waals surface area contributed by atoms with Crippen LogP contribution >= 0.6 is 0 Å². The number of nitrogens with zero attached hydrogens (tertiary/aromatic N) is 1.